The van der Waals surface area contributed by atoms with E-state index < -0.39 is 0 Å². The molecule has 0 saturated heterocycles. The lowest BCUT2D eigenvalue weighted by Gasteiger charge is -2.17. The molecule has 2 unspecified atom stereocenters. The molecule has 0 aliphatic heterocycles. The number of nitrogens with zero attached hydrogens (tertiary/aromatic N) is 1. The van der Waals surface area contributed by atoms with E-state index >= 15 is 0 Å². The SMILES string of the molecule is CC1CC1C(=O)N(C)Cc1cccc(C#CCCO)c1. The minimum absolute atomic E-state index is 0.0868. The average Bonchev–Trinajstić information content (AvgIpc) is 3.16. The average molecular weight is 271 g/mol. The lowest BCUT2D eigenvalue weighted by Crippen LogP contribution is -2.28. The van der Waals surface area contributed by atoms with E-state index in [2.05, 4.69) is 18.8 Å². The van der Waals surface area contributed by atoms with Crippen molar-refractivity contribution >= 4 is 5.91 Å². The maximum Gasteiger partial charge on any atom is 0.226 e. The van der Waals surface area contributed by atoms with Gasteiger partial charge in [0.1, 0.15) is 0 Å². The van der Waals surface area contributed by atoms with Crippen LogP contribution in [0.1, 0.15) is 30.9 Å². The molecule has 0 bridgehead atoms. The summed E-state index contributed by atoms with van der Waals surface area (Å²) in [5.74, 6) is 6.94. The van der Waals surface area contributed by atoms with Crippen LogP contribution in [0.25, 0.3) is 0 Å². The van der Waals surface area contributed by atoms with Crippen LogP contribution in [0.5, 0.6) is 0 Å². The molecule has 2 atom stereocenters. The molecule has 0 heterocycles. The van der Waals surface area contributed by atoms with Crippen molar-refractivity contribution in [3.8, 4) is 11.8 Å². The van der Waals surface area contributed by atoms with Crippen LogP contribution < -0.4 is 0 Å². The number of rotatable bonds is 4. The molecule has 2 rings (SSSR count). The predicted molar refractivity (Wildman–Crippen MR) is 78.8 cm³/mol. The summed E-state index contributed by atoms with van der Waals surface area (Å²) < 4.78 is 0. The Kier molecular flexibility index (Phi) is 4.81. The van der Waals surface area contributed by atoms with E-state index in [1.54, 1.807) is 4.90 Å². The number of aliphatic hydroxyl groups is 1. The van der Waals surface area contributed by atoms with Crippen LogP contribution in [0.2, 0.25) is 0 Å². The molecule has 3 nitrogen and oxygen atoms in total. The zero-order chi connectivity index (χ0) is 14.5. The molecule has 1 aromatic carbocycles. The molecule has 3 heteroatoms. The van der Waals surface area contributed by atoms with Crippen LogP contribution >= 0.6 is 0 Å². The third-order valence-corrected chi connectivity index (χ3v) is 3.62. The summed E-state index contributed by atoms with van der Waals surface area (Å²) in [5, 5.41) is 8.71. The molecule has 0 radical (unpaired) electrons. The molecule has 20 heavy (non-hydrogen) atoms. The Bertz CT molecular complexity index is 541. The second kappa shape index (κ2) is 6.58. The molecule has 1 fully saturated rings. The minimum atomic E-state index is 0.0868. The quantitative estimate of drug-likeness (QED) is 0.851. The maximum absolute atomic E-state index is 12.1. The summed E-state index contributed by atoms with van der Waals surface area (Å²) in [6, 6.07) is 7.91. The van der Waals surface area contributed by atoms with E-state index in [1.165, 1.54) is 0 Å². The number of hydrogen-bond donors (Lipinski definition) is 1. The van der Waals surface area contributed by atoms with Crippen molar-refractivity contribution in [3.63, 3.8) is 0 Å². The molecular formula is C17H21NO2. The van der Waals surface area contributed by atoms with E-state index in [0.29, 0.717) is 18.9 Å². The normalized spacial score (nSPS) is 19.9. The summed E-state index contributed by atoms with van der Waals surface area (Å²) >= 11 is 0. The molecular weight excluding hydrogens is 250 g/mol. The summed E-state index contributed by atoms with van der Waals surface area (Å²) in [6.07, 6.45) is 1.51. The third kappa shape index (κ3) is 3.85. The zero-order valence-electron chi connectivity index (χ0n) is 12.1. The molecule has 1 aliphatic carbocycles. The summed E-state index contributed by atoms with van der Waals surface area (Å²) in [6.45, 7) is 2.83. The van der Waals surface area contributed by atoms with Gasteiger partial charge >= 0.3 is 0 Å². The van der Waals surface area contributed by atoms with Crippen LogP contribution in [0.4, 0.5) is 0 Å². The van der Waals surface area contributed by atoms with Crippen molar-refractivity contribution in [3.05, 3.63) is 35.4 Å². The first-order valence-corrected chi connectivity index (χ1v) is 7.05. The van der Waals surface area contributed by atoms with Crippen molar-refractivity contribution in [2.24, 2.45) is 11.8 Å². The van der Waals surface area contributed by atoms with Crippen molar-refractivity contribution in [2.75, 3.05) is 13.7 Å². The number of amides is 1. The fraction of sp³-hybridized carbons (Fsp3) is 0.471. The Hall–Kier alpha value is -1.79. The number of carbonyl (C=O) groups excluding carboxylic acids is 1. The van der Waals surface area contributed by atoms with Gasteiger partial charge in [0, 0.05) is 31.5 Å². The van der Waals surface area contributed by atoms with Crippen molar-refractivity contribution in [1.82, 2.24) is 4.90 Å². The summed E-state index contributed by atoms with van der Waals surface area (Å²) in [7, 11) is 1.86. The molecule has 0 aromatic heterocycles. The maximum atomic E-state index is 12.1. The van der Waals surface area contributed by atoms with Gasteiger partial charge in [-0.15, -0.1) is 0 Å². The smallest absolute Gasteiger partial charge is 0.226 e. The van der Waals surface area contributed by atoms with Gasteiger partial charge in [-0.05, 0) is 30.0 Å². The molecule has 106 valence electrons. The Labute approximate surface area is 120 Å². The van der Waals surface area contributed by atoms with E-state index in [4.69, 9.17) is 5.11 Å². The largest absolute Gasteiger partial charge is 0.395 e. The first-order valence-electron chi connectivity index (χ1n) is 7.05. The first-order chi connectivity index (χ1) is 9.61. The highest BCUT2D eigenvalue weighted by Crippen LogP contribution is 2.39. The van der Waals surface area contributed by atoms with Crippen molar-refractivity contribution < 1.29 is 9.90 Å². The number of benzene rings is 1. The van der Waals surface area contributed by atoms with Gasteiger partial charge in [0.25, 0.3) is 0 Å². The van der Waals surface area contributed by atoms with Gasteiger partial charge in [-0.1, -0.05) is 30.9 Å². The monoisotopic (exact) mass is 271 g/mol. The molecule has 1 N–H and O–H groups in total. The Balaban J connectivity index is 1.97. The second-order valence-corrected chi connectivity index (χ2v) is 5.49. The van der Waals surface area contributed by atoms with Crippen molar-refractivity contribution in [1.29, 1.82) is 0 Å². The van der Waals surface area contributed by atoms with E-state index in [-0.39, 0.29) is 18.4 Å². The molecule has 1 saturated carbocycles. The van der Waals surface area contributed by atoms with Gasteiger partial charge in [-0.25, -0.2) is 0 Å². The predicted octanol–water partition coefficient (Wildman–Crippen LogP) is 2.03. The topological polar surface area (TPSA) is 40.5 Å². The van der Waals surface area contributed by atoms with Crippen LogP contribution in [0.3, 0.4) is 0 Å². The van der Waals surface area contributed by atoms with Gasteiger partial charge in [-0.3, -0.25) is 4.79 Å². The first kappa shape index (κ1) is 14.6. The summed E-state index contributed by atoms with van der Waals surface area (Å²) in [4.78, 5) is 13.9. The van der Waals surface area contributed by atoms with E-state index in [1.807, 2.05) is 31.3 Å². The fourth-order valence-corrected chi connectivity index (χ4v) is 2.27. The Morgan fingerprint density at radius 1 is 1.50 bits per heavy atom. The lowest BCUT2D eigenvalue weighted by atomic mass is 10.1. The number of carbonyl (C=O) groups is 1. The highest BCUT2D eigenvalue weighted by Gasteiger charge is 2.40. The number of hydrogen-bond acceptors (Lipinski definition) is 2. The molecule has 1 amide bonds. The highest BCUT2D eigenvalue weighted by atomic mass is 16.2. The van der Waals surface area contributed by atoms with E-state index in [0.717, 1.165) is 17.5 Å². The lowest BCUT2D eigenvalue weighted by molar-refractivity contribution is -0.132. The van der Waals surface area contributed by atoms with E-state index in [9.17, 15) is 4.79 Å². The third-order valence-electron chi connectivity index (χ3n) is 3.62. The highest BCUT2D eigenvalue weighted by molar-refractivity contribution is 5.81. The zero-order valence-corrected chi connectivity index (χ0v) is 12.1. The van der Waals surface area contributed by atoms with Crippen LogP contribution in [-0.2, 0) is 11.3 Å². The van der Waals surface area contributed by atoms with Crippen molar-refractivity contribution in [2.45, 2.75) is 26.3 Å². The molecule has 1 aliphatic rings. The Morgan fingerprint density at radius 2 is 2.25 bits per heavy atom. The van der Waals surface area contributed by atoms with Gasteiger partial charge in [0.2, 0.25) is 5.91 Å². The Morgan fingerprint density at radius 3 is 2.90 bits per heavy atom. The van der Waals surface area contributed by atoms with Crippen LogP contribution in [0.15, 0.2) is 24.3 Å². The number of aliphatic hydroxyl groups excluding tert-OH is 1. The van der Waals surface area contributed by atoms with Crippen LogP contribution in [-0.4, -0.2) is 29.6 Å². The second-order valence-electron chi connectivity index (χ2n) is 5.49. The van der Waals surface area contributed by atoms with Gasteiger partial charge in [0.15, 0.2) is 0 Å². The van der Waals surface area contributed by atoms with Gasteiger partial charge < -0.3 is 10.0 Å². The fourth-order valence-electron chi connectivity index (χ4n) is 2.27. The minimum Gasteiger partial charge on any atom is -0.395 e. The molecule has 1 aromatic rings. The molecule has 0 spiro atoms. The van der Waals surface area contributed by atoms with Crippen LogP contribution in [0, 0.1) is 23.7 Å². The standard InChI is InChI=1S/C17H21NO2/c1-13-10-16(13)17(20)18(2)12-15-8-5-7-14(11-15)6-3-4-9-19/h5,7-8,11,13,16,19H,4,9-10,12H2,1-2H3. The van der Waals surface area contributed by atoms with Gasteiger partial charge in [0.05, 0.1) is 6.61 Å². The van der Waals surface area contributed by atoms with Gasteiger partial charge in [-0.2, -0.15) is 0 Å². The summed E-state index contributed by atoms with van der Waals surface area (Å²) in [5.41, 5.74) is 2.02.